The predicted molar refractivity (Wildman–Crippen MR) is 138 cm³/mol. The molecule has 0 saturated carbocycles. The lowest BCUT2D eigenvalue weighted by molar-refractivity contribution is -0.0419. The Hall–Kier alpha value is -2.92. The topological polar surface area (TPSA) is 136 Å². The summed E-state index contributed by atoms with van der Waals surface area (Å²) in [6.07, 6.45) is -2.57. The van der Waals surface area contributed by atoms with E-state index in [1.54, 1.807) is 0 Å². The summed E-state index contributed by atoms with van der Waals surface area (Å²) in [4.78, 5) is 11.5. The molecular formula is C24H24F4N4O6S2. The van der Waals surface area contributed by atoms with E-state index in [0.29, 0.717) is 0 Å². The van der Waals surface area contributed by atoms with Crippen molar-refractivity contribution in [2.24, 2.45) is 5.18 Å². The van der Waals surface area contributed by atoms with E-state index < -0.39 is 83.8 Å². The summed E-state index contributed by atoms with van der Waals surface area (Å²) >= 11 is 0. The number of benzene rings is 3. The van der Waals surface area contributed by atoms with E-state index in [4.69, 9.17) is 0 Å². The molecule has 40 heavy (non-hydrogen) atoms. The third kappa shape index (κ3) is 4.91. The van der Waals surface area contributed by atoms with Crippen LogP contribution in [0.4, 0.5) is 28.9 Å². The molecular weight excluding hydrogens is 580 g/mol. The molecule has 16 heteroatoms. The number of sulfonamides is 2. The summed E-state index contributed by atoms with van der Waals surface area (Å²) in [6, 6.07) is 7.26. The molecule has 0 spiro atoms. The minimum absolute atomic E-state index is 0.0283. The second-order valence-electron chi connectivity index (χ2n) is 9.86. The van der Waals surface area contributed by atoms with Crippen LogP contribution in [0.5, 0.6) is 0 Å². The minimum Gasteiger partial charge on any atom is -0.291 e. The lowest BCUT2D eigenvalue weighted by Gasteiger charge is -2.31. The van der Waals surface area contributed by atoms with Gasteiger partial charge in [0, 0.05) is 73.4 Å². The van der Waals surface area contributed by atoms with Crippen LogP contribution in [0, 0.1) is 4.91 Å². The number of alkyl halides is 4. The van der Waals surface area contributed by atoms with Crippen molar-refractivity contribution in [3.63, 3.8) is 0 Å². The molecule has 3 aromatic carbocycles. The Kier molecular flexibility index (Phi) is 7.06. The van der Waals surface area contributed by atoms with Gasteiger partial charge < -0.3 is 0 Å². The second kappa shape index (κ2) is 9.87. The fraction of sp³-hybridized carbons (Fsp3) is 0.417. The maximum atomic E-state index is 13.6. The SMILES string of the molecule is O=Nc1c2cc(S(=O)(=O)N3CCC(F)(F)CC3)ccc2c(NO)c2ccc(S(=O)(=O)N3CCC(F)(F)CC3)cc12. The molecule has 10 nitrogen and oxygen atoms in total. The Morgan fingerprint density at radius 1 is 0.700 bits per heavy atom. The van der Waals surface area contributed by atoms with Gasteiger partial charge in [-0.05, 0) is 29.4 Å². The molecule has 2 heterocycles. The lowest BCUT2D eigenvalue weighted by Crippen LogP contribution is -2.42. The number of halogens is 4. The van der Waals surface area contributed by atoms with Gasteiger partial charge in [0.2, 0.25) is 20.0 Å². The van der Waals surface area contributed by atoms with E-state index >= 15 is 0 Å². The maximum Gasteiger partial charge on any atom is 0.250 e. The molecule has 0 aromatic heterocycles. The number of fused-ring (bicyclic) bond motifs is 2. The maximum absolute atomic E-state index is 13.6. The molecule has 0 radical (unpaired) electrons. The summed E-state index contributed by atoms with van der Waals surface area (Å²) in [7, 11) is -8.49. The highest BCUT2D eigenvalue weighted by Crippen LogP contribution is 2.44. The normalized spacial score (nSPS) is 20.5. The van der Waals surface area contributed by atoms with Gasteiger partial charge in [0.1, 0.15) is 5.69 Å². The average molecular weight is 605 g/mol. The molecule has 216 valence electrons. The van der Waals surface area contributed by atoms with E-state index in [1.807, 2.05) is 5.48 Å². The molecule has 0 unspecified atom stereocenters. The van der Waals surface area contributed by atoms with Crippen molar-refractivity contribution < 1.29 is 39.6 Å². The Bertz CT molecular complexity index is 1600. The largest absolute Gasteiger partial charge is 0.291 e. The van der Waals surface area contributed by atoms with Crippen molar-refractivity contribution in [3.8, 4) is 0 Å². The zero-order valence-corrected chi connectivity index (χ0v) is 22.4. The summed E-state index contributed by atoms with van der Waals surface area (Å²) in [5, 5.41) is 13.2. The number of nitrogens with zero attached hydrogens (tertiary/aromatic N) is 3. The van der Waals surface area contributed by atoms with Crippen molar-refractivity contribution >= 4 is 53.0 Å². The highest BCUT2D eigenvalue weighted by Gasteiger charge is 2.40. The van der Waals surface area contributed by atoms with Crippen LogP contribution in [0.25, 0.3) is 21.5 Å². The number of anilines is 1. The number of nitrogens with one attached hydrogen (secondary N) is 1. The monoisotopic (exact) mass is 604 g/mol. The molecule has 3 aromatic rings. The van der Waals surface area contributed by atoms with Crippen molar-refractivity contribution in [3.05, 3.63) is 41.3 Å². The van der Waals surface area contributed by atoms with Crippen LogP contribution in [-0.4, -0.2) is 68.7 Å². The Balaban J connectivity index is 1.64. The summed E-state index contributed by atoms with van der Waals surface area (Å²) in [5.41, 5.74) is 1.70. The van der Waals surface area contributed by atoms with Crippen molar-refractivity contribution in [2.75, 3.05) is 31.7 Å². The van der Waals surface area contributed by atoms with E-state index in [0.717, 1.165) is 20.7 Å². The van der Waals surface area contributed by atoms with Gasteiger partial charge in [-0.25, -0.2) is 34.4 Å². The van der Waals surface area contributed by atoms with E-state index in [2.05, 4.69) is 5.18 Å². The van der Waals surface area contributed by atoms with Gasteiger partial charge in [0.05, 0.1) is 15.5 Å². The second-order valence-corrected chi connectivity index (χ2v) is 13.7. The van der Waals surface area contributed by atoms with Crippen LogP contribution in [0.1, 0.15) is 25.7 Å². The highest BCUT2D eigenvalue weighted by molar-refractivity contribution is 7.89. The third-order valence-electron chi connectivity index (χ3n) is 7.42. The van der Waals surface area contributed by atoms with Crippen LogP contribution >= 0.6 is 0 Å². The quantitative estimate of drug-likeness (QED) is 0.174. The number of hydrogen-bond donors (Lipinski definition) is 2. The molecule has 2 aliphatic rings. The zero-order chi connectivity index (χ0) is 29.1. The molecule has 0 bridgehead atoms. The van der Waals surface area contributed by atoms with E-state index in [1.165, 1.54) is 24.3 Å². The van der Waals surface area contributed by atoms with Gasteiger partial charge in [-0.2, -0.15) is 8.61 Å². The lowest BCUT2D eigenvalue weighted by atomic mass is 9.99. The fourth-order valence-electron chi connectivity index (χ4n) is 5.11. The van der Waals surface area contributed by atoms with Crippen molar-refractivity contribution in [2.45, 2.75) is 47.3 Å². The van der Waals surface area contributed by atoms with Crippen LogP contribution in [0.3, 0.4) is 0 Å². The average Bonchev–Trinajstić information content (AvgIpc) is 2.90. The fourth-order valence-corrected chi connectivity index (χ4v) is 8.05. The van der Waals surface area contributed by atoms with Gasteiger partial charge in [0.25, 0.3) is 11.8 Å². The van der Waals surface area contributed by atoms with Gasteiger partial charge in [-0.1, -0.05) is 12.1 Å². The number of hydrogen-bond acceptors (Lipinski definition) is 8. The first-order valence-corrected chi connectivity index (χ1v) is 15.1. The molecule has 0 amide bonds. The summed E-state index contributed by atoms with van der Waals surface area (Å²) in [6.45, 7) is -1.62. The highest BCUT2D eigenvalue weighted by atomic mass is 32.2. The Morgan fingerprint density at radius 3 is 1.40 bits per heavy atom. The zero-order valence-electron chi connectivity index (χ0n) is 20.8. The summed E-state index contributed by atoms with van der Waals surface area (Å²) < 4.78 is 109. The number of piperidine rings is 2. The van der Waals surface area contributed by atoms with Gasteiger partial charge in [-0.3, -0.25) is 10.7 Å². The molecule has 5 rings (SSSR count). The minimum atomic E-state index is -4.25. The predicted octanol–water partition coefficient (Wildman–Crippen LogP) is 5.03. The van der Waals surface area contributed by atoms with Gasteiger partial charge in [-0.15, -0.1) is 4.91 Å². The van der Waals surface area contributed by atoms with Crippen LogP contribution in [0.15, 0.2) is 51.4 Å². The Labute approximate surface area is 226 Å². The molecule has 2 saturated heterocycles. The van der Waals surface area contributed by atoms with Crippen molar-refractivity contribution in [1.82, 2.24) is 8.61 Å². The molecule has 2 aliphatic heterocycles. The smallest absolute Gasteiger partial charge is 0.250 e. The van der Waals surface area contributed by atoms with Crippen molar-refractivity contribution in [1.29, 1.82) is 0 Å². The van der Waals surface area contributed by atoms with E-state index in [9.17, 15) is 44.5 Å². The van der Waals surface area contributed by atoms with E-state index in [-0.39, 0.29) is 42.7 Å². The Morgan fingerprint density at radius 2 is 1.07 bits per heavy atom. The number of rotatable bonds is 6. The van der Waals surface area contributed by atoms with Gasteiger partial charge in [0.15, 0.2) is 0 Å². The first-order chi connectivity index (χ1) is 18.7. The summed E-state index contributed by atoms with van der Waals surface area (Å²) in [5.74, 6) is -5.95. The van der Waals surface area contributed by atoms with Crippen LogP contribution in [0.2, 0.25) is 0 Å². The molecule has 0 aliphatic carbocycles. The standard InChI is InChI=1S/C24H24F4N4O6S2/c25-23(26)5-9-31(10-6-23)39(35,36)15-1-3-17-19(13-15)22(30-34)20-14-16(2-4-18(20)21(17)29-33)40(37,38)32-11-7-24(27,28)8-12-32/h1-4,13-14,29,33H,5-12H2. The van der Waals surface area contributed by atoms with Crippen LogP contribution in [-0.2, 0) is 20.0 Å². The van der Waals surface area contributed by atoms with Crippen LogP contribution < -0.4 is 5.48 Å². The third-order valence-corrected chi connectivity index (χ3v) is 11.2. The molecule has 2 N–H and O–H groups in total. The first-order valence-electron chi connectivity index (χ1n) is 12.2. The number of nitroso groups, excluding NO2 is 1. The molecule has 2 fully saturated rings. The first kappa shape index (κ1) is 28.6. The van der Waals surface area contributed by atoms with Gasteiger partial charge >= 0.3 is 0 Å². The molecule has 0 atom stereocenters.